The fraction of sp³-hybridized carbons (Fsp3) is 0.375. The highest BCUT2D eigenvalue weighted by Gasteiger charge is 2.30. The Morgan fingerprint density at radius 3 is 2.79 bits per heavy atom. The van der Waals surface area contributed by atoms with Crippen LogP contribution in [0.15, 0.2) is 36.8 Å². The van der Waals surface area contributed by atoms with E-state index in [4.69, 9.17) is 4.74 Å². The van der Waals surface area contributed by atoms with Crippen LogP contribution >= 0.6 is 0 Å². The van der Waals surface area contributed by atoms with E-state index in [0.717, 1.165) is 37.9 Å². The maximum atomic E-state index is 13.6. The van der Waals surface area contributed by atoms with Gasteiger partial charge in [-0.2, -0.15) is 0 Å². The van der Waals surface area contributed by atoms with Gasteiger partial charge in [-0.25, -0.2) is 23.3 Å². The van der Waals surface area contributed by atoms with Crippen LogP contribution in [0.2, 0.25) is 0 Å². The summed E-state index contributed by atoms with van der Waals surface area (Å²) < 4.78 is 34.6. The maximum absolute atomic E-state index is 13.6. The Morgan fingerprint density at radius 1 is 1.15 bits per heavy atom. The molecule has 6 rings (SSSR count). The van der Waals surface area contributed by atoms with Crippen LogP contribution in [0.3, 0.4) is 0 Å². The minimum atomic E-state index is -2.76. The number of amides is 1. The third-order valence-corrected chi connectivity index (χ3v) is 6.44. The molecule has 5 heterocycles. The zero-order valence-corrected chi connectivity index (χ0v) is 18.2. The Labute approximate surface area is 193 Å². The second kappa shape index (κ2) is 8.35. The molecule has 1 saturated heterocycles. The summed E-state index contributed by atoms with van der Waals surface area (Å²) >= 11 is 0. The van der Waals surface area contributed by atoms with Crippen molar-refractivity contribution in [3.05, 3.63) is 48.0 Å². The van der Waals surface area contributed by atoms with Crippen LogP contribution in [0.25, 0.3) is 27.8 Å². The van der Waals surface area contributed by atoms with Crippen LogP contribution < -0.4 is 5.32 Å². The SMILES string of the molecule is O=C(Nc1cc2c(-c3nc4ccc(C5CCCOC5)cn4n3)cnc(C(F)F)c2cn1)C1CC1. The van der Waals surface area contributed by atoms with E-state index < -0.39 is 6.43 Å². The number of carbonyl (C=O) groups is 1. The standard InChI is InChI=1S/C24H22F2N6O2/c25-22(26)21-17-9-27-19(29-24(33)13-3-4-13)8-16(17)18(10-28-21)23-30-20-6-5-14(11-32(20)31-23)15-2-1-7-34-12-15/h5-6,8-11,13,15,22H,1-4,7,12H2,(H,27,29,33). The first-order valence-corrected chi connectivity index (χ1v) is 11.4. The lowest BCUT2D eigenvalue weighted by Gasteiger charge is -2.22. The average molecular weight is 464 g/mol. The van der Waals surface area contributed by atoms with Gasteiger partial charge in [0.25, 0.3) is 6.43 Å². The molecule has 1 saturated carbocycles. The molecule has 1 aliphatic carbocycles. The lowest BCUT2D eigenvalue weighted by molar-refractivity contribution is -0.117. The molecule has 0 radical (unpaired) electrons. The molecule has 1 unspecified atom stereocenters. The number of nitrogens with one attached hydrogen (secondary N) is 1. The molecule has 0 bridgehead atoms. The number of pyridine rings is 3. The highest BCUT2D eigenvalue weighted by molar-refractivity contribution is 6.00. The van der Waals surface area contributed by atoms with E-state index in [0.29, 0.717) is 40.8 Å². The number of hydrogen-bond acceptors (Lipinski definition) is 6. The number of fused-ring (bicyclic) bond motifs is 2. The van der Waals surface area contributed by atoms with Crippen LogP contribution in [0.4, 0.5) is 14.6 Å². The molecule has 34 heavy (non-hydrogen) atoms. The lowest BCUT2D eigenvalue weighted by Crippen LogP contribution is -2.15. The first-order valence-electron chi connectivity index (χ1n) is 11.4. The van der Waals surface area contributed by atoms with Crippen molar-refractivity contribution in [2.45, 2.75) is 38.0 Å². The van der Waals surface area contributed by atoms with E-state index in [2.05, 4.69) is 25.4 Å². The quantitative estimate of drug-likeness (QED) is 0.467. The van der Waals surface area contributed by atoms with Crippen molar-refractivity contribution in [2.75, 3.05) is 18.5 Å². The van der Waals surface area contributed by atoms with E-state index in [-0.39, 0.29) is 22.9 Å². The van der Waals surface area contributed by atoms with Gasteiger partial charge in [0.15, 0.2) is 11.5 Å². The van der Waals surface area contributed by atoms with Gasteiger partial charge in [0.2, 0.25) is 5.91 Å². The molecule has 2 aliphatic rings. The Hall–Kier alpha value is -3.53. The smallest absolute Gasteiger partial charge is 0.281 e. The van der Waals surface area contributed by atoms with Gasteiger partial charge >= 0.3 is 0 Å². The van der Waals surface area contributed by atoms with Crippen molar-refractivity contribution < 1.29 is 18.3 Å². The molecule has 0 spiro atoms. The zero-order valence-electron chi connectivity index (χ0n) is 18.2. The number of hydrogen-bond donors (Lipinski definition) is 1. The molecule has 8 nitrogen and oxygen atoms in total. The predicted molar refractivity (Wildman–Crippen MR) is 121 cm³/mol. The van der Waals surface area contributed by atoms with Gasteiger partial charge < -0.3 is 10.1 Å². The summed E-state index contributed by atoms with van der Waals surface area (Å²) in [7, 11) is 0. The minimum absolute atomic E-state index is 0.00472. The number of carbonyl (C=O) groups excluding carboxylic acids is 1. The van der Waals surface area contributed by atoms with Gasteiger partial charge in [0.1, 0.15) is 11.5 Å². The van der Waals surface area contributed by atoms with Gasteiger partial charge in [-0.05, 0) is 43.4 Å². The number of rotatable bonds is 5. The highest BCUT2D eigenvalue weighted by Crippen LogP contribution is 2.34. The number of anilines is 1. The second-order valence-corrected chi connectivity index (χ2v) is 8.85. The third kappa shape index (κ3) is 3.87. The molecule has 174 valence electrons. The van der Waals surface area contributed by atoms with E-state index in [9.17, 15) is 13.6 Å². The van der Waals surface area contributed by atoms with Gasteiger partial charge in [0.05, 0.1) is 6.61 Å². The fourth-order valence-electron chi connectivity index (χ4n) is 4.41. The summed E-state index contributed by atoms with van der Waals surface area (Å²) in [6.07, 6.45) is 5.64. The second-order valence-electron chi connectivity index (χ2n) is 8.85. The number of halogens is 2. The van der Waals surface area contributed by atoms with Crippen LogP contribution in [0.1, 0.15) is 49.3 Å². The Bertz CT molecular complexity index is 1400. The summed E-state index contributed by atoms with van der Waals surface area (Å²) in [5, 5.41) is 8.07. The fourth-order valence-corrected chi connectivity index (χ4v) is 4.41. The topological polar surface area (TPSA) is 94.3 Å². The summed E-state index contributed by atoms with van der Waals surface area (Å²) in [6.45, 7) is 1.47. The zero-order chi connectivity index (χ0) is 23.2. The molecule has 1 aliphatic heterocycles. The number of ether oxygens (including phenoxy) is 1. The van der Waals surface area contributed by atoms with Crippen molar-refractivity contribution in [1.29, 1.82) is 0 Å². The lowest BCUT2D eigenvalue weighted by atomic mass is 9.95. The van der Waals surface area contributed by atoms with Crippen LogP contribution in [-0.4, -0.2) is 43.7 Å². The van der Waals surface area contributed by atoms with Gasteiger partial charge in [-0.1, -0.05) is 6.07 Å². The molecular weight excluding hydrogens is 442 g/mol. The molecule has 0 aromatic carbocycles. The predicted octanol–water partition coefficient (Wildman–Crippen LogP) is 4.52. The summed E-state index contributed by atoms with van der Waals surface area (Å²) in [5.74, 6) is 0.861. The summed E-state index contributed by atoms with van der Waals surface area (Å²) in [6, 6.07) is 5.51. The van der Waals surface area contributed by atoms with Crippen molar-refractivity contribution in [2.24, 2.45) is 5.92 Å². The first kappa shape index (κ1) is 21.0. The summed E-state index contributed by atoms with van der Waals surface area (Å²) in [5.41, 5.74) is 1.89. The maximum Gasteiger partial charge on any atom is 0.281 e. The Balaban J connectivity index is 1.43. The van der Waals surface area contributed by atoms with Gasteiger partial charge in [0, 0.05) is 53.4 Å². The van der Waals surface area contributed by atoms with Crippen molar-refractivity contribution in [3.8, 4) is 11.4 Å². The van der Waals surface area contributed by atoms with Gasteiger partial charge in [-0.15, -0.1) is 5.10 Å². The first-order chi connectivity index (χ1) is 16.6. The molecule has 10 heteroatoms. The van der Waals surface area contributed by atoms with Crippen LogP contribution in [-0.2, 0) is 9.53 Å². The molecule has 1 amide bonds. The Kier molecular flexibility index (Phi) is 5.17. The van der Waals surface area contributed by atoms with Crippen LogP contribution in [0, 0.1) is 5.92 Å². The van der Waals surface area contributed by atoms with Gasteiger partial charge in [-0.3, -0.25) is 9.78 Å². The number of alkyl halides is 2. The molecular formula is C24H22F2N6O2. The number of nitrogens with zero attached hydrogens (tertiary/aromatic N) is 5. The number of aromatic nitrogens is 5. The average Bonchev–Trinajstić information content (AvgIpc) is 3.62. The molecule has 4 aromatic rings. The van der Waals surface area contributed by atoms with E-state index in [1.807, 2.05) is 18.3 Å². The normalized spacial score (nSPS) is 18.6. The minimum Gasteiger partial charge on any atom is -0.381 e. The van der Waals surface area contributed by atoms with Crippen molar-refractivity contribution >= 4 is 28.1 Å². The van der Waals surface area contributed by atoms with Crippen LogP contribution in [0.5, 0.6) is 0 Å². The van der Waals surface area contributed by atoms with Crippen molar-refractivity contribution in [3.63, 3.8) is 0 Å². The summed E-state index contributed by atoms with van der Waals surface area (Å²) in [4.78, 5) is 25.0. The monoisotopic (exact) mass is 464 g/mol. The van der Waals surface area contributed by atoms with E-state index in [1.54, 1.807) is 10.6 Å². The Morgan fingerprint density at radius 2 is 2.03 bits per heavy atom. The molecule has 2 fully saturated rings. The highest BCUT2D eigenvalue weighted by atomic mass is 19.3. The largest absolute Gasteiger partial charge is 0.381 e. The molecule has 1 N–H and O–H groups in total. The van der Waals surface area contributed by atoms with E-state index >= 15 is 0 Å². The molecule has 4 aromatic heterocycles. The van der Waals surface area contributed by atoms with Crippen molar-refractivity contribution in [1.82, 2.24) is 24.6 Å². The third-order valence-electron chi connectivity index (χ3n) is 6.44. The molecule has 1 atom stereocenters. The van der Waals surface area contributed by atoms with E-state index in [1.165, 1.54) is 12.4 Å².